The van der Waals surface area contributed by atoms with E-state index in [1.807, 2.05) is 0 Å². The third kappa shape index (κ3) is 2.05. The Labute approximate surface area is 109 Å². The predicted octanol–water partition coefficient (Wildman–Crippen LogP) is 2.87. The summed E-state index contributed by atoms with van der Waals surface area (Å²) in [5.74, 6) is -5.33. The van der Waals surface area contributed by atoms with Crippen LogP contribution in [0.15, 0.2) is 12.1 Å². The third-order valence-electron chi connectivity index (χ3n) is 3.51. The molecule has 104 valence electrons. The molecule has 3 nitrogen and oxygen atoms in total. The predicted molar refractivity (Wildman–Crippen MR) is 66.7 cm³/mol. The Kier molecular flexibility index (Phi) is 3.20. The highest BCUT2D eigenvalue weighted by molar-refractivity contribution is 6.02. The van der Waals surface area contributed by atoms with Gasteiger partial charge in [0.1, 0.15) is 0 Å². The van der Waals surface area contributed by atoms with Gasteiger partial charge >= 0.3 is 5.92 Å². The van der Waals surface area contributed by atoms with Crippen molar-refractivity contribution in [3.05, 3.63) is 23.5 Å². The van der Waals surface area contributed by atoms with Crippen LogP contribution in [0.3, 0.4) is 0 Å². The van der Waals surface area contributed by atoms with Gasteiger partial charge in [0, 0.05) is 18.0 Å². The van der Waals surface area contributed by atoms with Crippen LogP contribution >= 0.6 is 0 Å². The molecule has 6 heteroatoms. The van der Waals surface area contributed by atoms with Crippen molar-refractivity contribution >= 4 is 17.3 Å². The lowest BCUT2D eigenvalue weighted by Crippen LogP contribution is -2.37. The highest BCUT2D eigenvalue weighted by Gasteiger charge is 2.53. The third-order valence-corrected chi connectivity index (χ3v) is 3.51. The summed E-state index contributed by atoms with van der Waals surface area (Å²) in [5, 5.41) is 0. The fourth-order valence-electron chi connectivity index (χ4n) is 2.41. The van der Waals surface area contributed by atoms with Crippen molar-refractivity contribution in [3.8, 4) is 0 Å². The van der Waals surface area contributed by atoms with Gasteiger partial charge in [0.2, 0.25) is 0 Å². The Hall–Kier alpha value is -1.72. The van der Waals surface area contributed by atoms with Gasteiger partial charge in [0.05, 0.1) is 11.4 Å². The summed E-state index contributed by atoms with van der Waals surface area (Å²) in [6.07, 6.45) is -0.152. The maximum absolute atomic E-state index is 13.7. The minimum absolute atomic E-state index is 0.0623. The molecule has 1 aliphatic heterocycles. The molecule has 0 unspecified atom stereocenters. The van der Waals surface area contributed by atoms with E-state index in [-0.39, 0.29) is 16.9 Å². The van der Waals surface area contributed by atoms with Crippen molar-refractivity contribution in [2.45, 2.75) is 38.7 Å². The number of nitrogens with two attached hydrogens (primary N) is 1. The Morgan fingerprint density at radius 3 is 2.68 bits per heavy atom. The molecule has 0 radical (unpaired) electrons. The van der Waals surface area contributed by atoms with E-state index >= 15 is 0 Å². The topological polar surface area (TPSA) is 46.3 Å². The average Bonchev–Trinajstić information content (AvgIpc) is 2.59. The molecule has 19 heavy (non-hydrogen) atoms. The molecule has 1 saturated heterocycles. The summed E-state index contributed by atoms with van der Waals surface area (Å²) in [5.41, 5.74) is 5.64. The average molecular weight is 272 g/mol. The van der Waals surface area contributed by atoms with Crippen molar-refractivity contribution in [3.63, 3.8) is 0 Å². The Morgan fingerprint density at radius 2 is 2.11 bits per heavy atom. The van der Waals surface area contributed by atoms with Gasteiger partial charge in [-0.1, -0.05) is 6.92 Å². The van der Waals surface area contributed by atoms with E-state index in [1.54, 1.807) is 6.92 Å². The van der Waals surface area contributed by atoms with Crippen LogP contribution < -0.4 is 10.6 Å². The maximum atomic E-state index is 13.7. The van der Waals surface area contributed by atoms with Crippen molar-refractivity contribution in [2.75, 3.05) is 10.6 Å². The fourth-order valence-corrected chi connectivity index (χ4v) is 2.41. The molecule has 1 aromatic carbocycles. The Bertz CT molecular complexity index is 531. The minimum atomic E-state index is -3.38. The number of hydrogen-bond donors (Lipinski definition) is 1. The maximum Gasteiger partial charge on any atom is 0.327 e. The zero-order valence-electron chi connectivity index (χ0n) is 10.7. The molecule has 0 aromatic heterocycles. The number of hydrogen-bond acceptors (Lipinski definition) is 2. The van der Waals surface area contributed by atoms with E-state index in [9.17, 15) is 18.0 Å². The second kappa shape index (κ2) is 4.43. The van der Waals surface area contributed by atoms with Gasteiger partial charge in [0.15, 0.2) is 5.82 Å². The molecule has 0 aliphatic carbocycles. The molecule has 1 fully saturated rings. The molecule has 1 heterocycles. The number of carbonyl (C=O) groups excluding carboxylic acids is 1. The lowest BCUT2D eigenvalue weighted by molar-refractivity contribution is -0.137. The summed E-state index contributed by atoms with van der Waals surface area (Å²) < 4.78 is 40.8. The normalized spacial score (nSPS) is 22.1. The number of rotatable bonds is 2. The Balaban J connectivity index is 2.52. The summed E-state index contributed by atoms with van der Waals surface area (Å²) in [7, 11) is 0. The second-order valence-electron chi connectivity index (χ2n) is 4.76. The lowest BCUT2D eigenvalue weighted by Gasteiger charge is -2.25. The van der Waals surface area contributed by atoms with E-state index in [2.05, 4.69) is 0 Å². The van der Waals surface area contributed by atoms with E-state index in [1.165, 1.54) is 19.1 Å². The first-order chi connectivity index (χ1) is 8.79. The number of benzene rings is 1. The first-order valence-electron chi connectivity index (χ1n) is 6.05. The molecule has 1 amide bonds. The number of alkyl halides is 2. The van der Waals surface area contributed by atoms with Crippen molar-refractivity contribution in [1.29, 1.82) is 0 Å². The Morgan fingerprint density at radius 1 is 1.47 bits per heavy atom. The van der Waals surface area contributed by atoms with Crippen LogP contribution in [-0.2, 0) is 4.79 Å². The molecule has 2 rings (SSSR count). The number of amides is 1. The summed E-state index contributed by atoms with van der Waals surface area (Å²) in [6, 6.07) is 2.08. The van der Waals surface area contributed by atoms with E-state index < -0.39 is 30.1 Å². The minimum Gasteiger partial charge on any atom is -0.396 e. The van der Waals surface area contributed by atoms with Crippen LogP contribution in [0.2, 0.25) is 0 Å². The van der Waals surface area contributed by atoms with Crippen molar-refractivity contribution in [2.24, 2.45) is 0 Å². The quantitative estimate of drug-likeness (QED) is 0.841. The van der Waals surface area contributed by atoms with E-state index in [0.717, 1.165) is 4.90 Å². The zero-order valence-corrected chi connectivity index (χ0v) is 10.7. The summed E-state index contributed by atoms with van der Waals surface area (Å²) in [4.78, 5) is 12.8. The fraction of sp³-hybridized carbons (Fsp3) is 0.462. The van der Waals surface area contributed by atoms with Gasteiger partial charge in [0.25, 0.3) is 5.91 Å². The molecule has 0 spiro atoms. The second-order valence-corrected chi connectivity index (χ2v) is 4.76. The van der Waals surface area contributed by atoms with Crippen LogP contribution in [0, 0.1) is 12.7 Å². The number of nitrogen functional groups attached to an aromatic ring is 1. The molecule has 2 N–H and O–H groups in total. The van der Waals surface area contributed by atoms with Gasteiger partial charge in [-0.2, -0.15) is 8.78 Å². The molecule has 1 atom stereocenters. The first kappa shape index (κ1) is 13.7. The SMILES string of the molecule is CC[C@H]1CC(F)(F)C(=O)N1c1ccc(N)c(F)c1C. The molecule has 1 aliphatic rings. The van der Waals surface area contributed by atoms with Gasteiger partial charge < -0.3 is 10.6 Å². The first-order valence-corrected chi connectivity index (χ1v) is 6.05. The van der Waals surface area contributed by atoms with Crippen LogP contribution in [0.1, 0.15) is 25.3 Å². The molecule has 0 saturated carbocycles. The van der Waals surface area contributed by atoms with Gasteiger partial charge in [-0.05, 0) is 25.5 Å². The summed E-state index contributed by atoms with van der Waals surface area (Å²) >= 11 is 0. The van der Waals surface area contributed by atoms with Crippen LogP contribution in [0.5, 0.6) is 0 Å². The number of carbonyl (C=O) groups is 1. The van der Waals surface area contributed by atoms with E-state index in [4.69, 9.17) is 5.73 Å². The van der Waals surface area contributed by atoms with Gasteiger partial charge in [-0.15, -0.1) is 0 Å². The number of anilines is 2. The van der Waals surface area contributed by atoms with Gasteiger partial charge in [-0.3, -0.25) is 4.79 Å². The molecular formula is C13H15F3N2O. The monoisotopic (exact) mass is 272 g/mol. The van der Waals surface area contributed by atoms with Crippen LogP contribution in [0.4, 0.5) is 24.5 Å². The number of halogens is 3. The summed E-state index contributed by atoms with van der Waals surface area (Å²) in [6.45, 7) is 3.15. The largest absolute Gasteiger partial charge is 0.396 e. The molecule has 0 bridgehead atoms. The van der Waals surface area contributed by atoms with Crippen LogP contribution in [0.25, 0.3) is 0 Å². The van der Waals surface area contributed by atoms with E-state index in [0.29, 0.717) is 6.42 Å². The molecular weight excluding hydrogens is 257 g/mol. The standard InChI is InChI=1S/C13H15F3N2O/c1-3-8-6-13(15,16)12(19)18(8)10-5-4-9(17)11(14)7(10)2/h4-5,8H,3,6,17H2,1-2H3/t8-/m0/s1. The zero-order chi connectivity index (χ0) is 14.4. The highest BCUT2D eigenvalue weighted by atomic mass is 19.3. The van der Waals surface area contributed by atoms with Gasteiger partial charge in [-0.25, -0.2) is 4.39 Å². The van der Waals surface area contributed by atoms with Crippen molar-refractivity contribution in [1.82, 2.24) is 0 Å². The van der Waals surface area contributed by atoms with Crippen LogP contribution in [-0.4, -0.2) is 17.9 Å². The highest BCUT2D eigenvalue weighted by Crippen LogP contribution is 2.40. The number of nitrogens with zero attached hydrogens (tertiary/aromatic N) is 1. The van der Waals surface area contributed by atoms with Crippen molar-refractivity contribution < 1.29 is 18.0 Å². The lowest BCUT2D eigenvalue weighted by atomic mass is 10.1. The smallest absolute Gasteiger partial charge is 0.327 e. The molecule has 1 aromatic rings.